The number of nitrogens with one attached hydrogen (secondary N) is 1. The molecule has 7 heteroatoms. The Hall–Kier alpha value is -3.22. The number of carboxylic acid groups (broad SMARTS) is 1. The minimum absolute atomic E-state index is 0.0264. The number of carbonyl (C=O) groups excluding carboxylic acids is 1. The molecule has 2 N–H and O–H groups in total. The predicted molar refractivity (Wildman–Crippen MR) is 99.7 cm³/mol. The zero-order valence-electron chi connectivity index (χ0n) is 15.5. The van der Waals surface area contributed by atoms with Crippen LogP contribution in [0.2, 0.25) is 0 Å². The first-order valence-electron chi connectivity index (χ1n) is 8.35. The van der Waals surface area contributed by atoms with Gasteiger partial charge in [-0.3, -0.25) is 9.59 Å². The van der Waals surface area contributed by atoms with Crippen LogP contribution in [0.4, 0.5) is 0 Å². The number of hydrogen-bond acceptors (Lipinski definition) is 5. The molecule has 0 aromatic heterocycles. The van der Waals surface area contributed by atoms with Crippen LogP contribution >= 0.6 is 0 Å². The van der Waals surface area contributed by atoms with Crippen molar-refractivity contribution < 1.29 is 28.9 Å². The van der Waals surface area contributed by atoms with Gasteiger partial charge in [-0.05, 0) is 30.2 Å². The van der Waals surface area contributed by atoms with Crippen LogP contribution in [0.3, 0.4) is 0 Å². The summed E-state index contributed by atoms with van der Waals surface area (Å²) < 4.78 is 15.6. The summed E-state index contributed by atoms with van der Waals surface area (Å²) in [6.45, 7) is -0.0264. The molecule has 0 bridgehead atoms. The van der Waals surface area contributed by atoms with E-state index in [0.29, 0.717) is 22.8 Å². The lowest BCUT2D eigenvalue weighted by molar-refractivity contribution is -0.141. The van der Waals surface area contributed by atoms with Gasteiger partial charge in [-0.2, -0.15) is 0 Å². The molecule has 2 aromatic carbocycles. The van der Waals surface area contributed by atoms with E-state index >= 15 is 0 Å². The molecule has 1 unspecified atom stereocenters. The first-order chi connectivity index (χ1) is 13.0. The molecule has 7 nitrogen and oxygen atoms in total. The minimum atomic E-state index is -0.997. The number of carboxylic acids is 1. The Balaban J connectivity index is 2.10. The summed E-state index contributed by atoms with van der Waals surface area (Å²) in [5, 5.41) is 12.2. The van der Waals surface area contributed by atoms with Crippen molar-refractivity contribution in [3.8, 4) is 17.2 Å². The largest absolute Gasteiger partial charge is 0.497 e. The molecule has 2 rings (SSSR count). The van der Waals surface area contributed by atoms with Gasteiger partial charge in [0.1, 0.15) is 17.2 Å². The number of aliphatic carboxylic acids is 1. The number of hydrogen-bond donors (Lipinski definition) is 2. The first kappa shape index (κ1) is 20.1. The molecule has 0 aliphatic heterocycles. The van der Waals surface area contributed by atoms with Crippen molar-refractivity contribution in [2.75, 3.05) is 27.9 Å². The van der Waals surface area contributed by atoms with E-state index < -0.39 is 17.8 Å². The van der Waals surface area contributed by atoms with E-state index in [1.54, 1.807) is 24.3 Å². The predicted octanol–water partition coefficient (Wildman–Crippen LogP) is 2.39. The van der Waals surface area contributed by atoms with Crippen molar-refractivity contribution in [2.24, 2.45) is 5.92 Å². The molecule has 2 aromatic rings. The maximum atomic E-state index is 12.5. The Labute approximate surface area is 157 Å². The van der Waals surface area contributed by atoms with Crippen LogP contribution in [0.5, 0.6) is 17.2 Å². The third-order valence-corrected chi connectivity index (χ3v) is 4.17. The van der Waals surface area contributed by atoms with Crippen molar-refractivity contribution in [3.05, 3.63) is 53.6 Å². The second-order valence-electron chi connectivity index (χ2n) is 5.83. The fourth-order valence-corrected chi connectivity index (χ4v) is 2.68. The third-order valence-electron chi connectivity index (χ3n) is 4.17. The van der Waals surface area contributed by atoms with Gasteiger partial charge < -0.3 is 24.6 Å². The Bertz CT molecular complexity index is 805. The highest BCUT2D eigenvalue weighted by Gasteiger charge is 2.22. The highest BCUT2D eigenvalue weighted by molar-refractivity contribution is 5.97. The molecular formula is C20H23NO6. The van der Waals surface area contributed by atoms with Gasteiger partial charge in [0.25, 0.3) is 5.91 Å². The highest BCUT2D eigenvalue weighted by atomic mass is 16.5. The summed E-state index contributed by atoms with van der Waals surface area (Å²) in [7, 11) is 4.50. The summed E-state index contributed by atoms with van der Waals surface area (Å²) >= 11 is 0. The zero-order chi connectivity index (χ0) is 19.8. The van der Waals surface area contributed by atoms with Crippen LogP contribution in [0, 0.1) is 5.92 Å². The number of benzene rings is 2. The summed E-state index contributed by atoms with van der Waals surface area (Å²) in [6, 6.07) is 12.0. The van der Waals surface area contributed by atoms with Gasteiger partial charge in [0.2, 0.25) is 0 Å². The topological polar surface area (TPSA) is 94.1 Å². The van der Waals surface area contributed by atoms with Gasteiger partial charge in [-0.25, -0.2) is 0 Å². The third kappa shape index (κ3) is 5.13. The van der Waals surface area contributed by atoms with Crippen molar-refractivity contribution in [2.45, 2.75) is 6.42 Å². The first-order valence-corrected chi connectivity index (χ1v) is 8.35. The van der Waals surface area contributed by atoms with Crippen LogP contribution in [-0.2, 0) is 11.2 Å². The maximum absolute atomic E-state index is 12.5. The van der Waals surface area contributed by atoms with E-state index in [9.17, 15) is 14.7 Å². The fraction of sp³-hybridized carbons (Fsp3) is 0.300. The van der Waals surface area contributed by atoms with Crippen molar-refractivity contribution in [1.82, 2.24) is 5.32 Å². The summed E-state index contributed by atoms with van der Waals surface area (Å²) in [5.41, 5.74) is 1.07. The molecule has 0 saturated heterocycles. The number of amides is 1. The molecule has 0 radical (unpaired) electrons. The van der Waals surface area contributed by atoms with E-state index in [1.165, 1.54) is 21.3 Å². The lowest BCUT2D eigenvalue weighted by Gasteiger charge is -2.16. The van der Waals surface area contributed by atoms with Crippen molar-refractivity contribution in [1.29, 1.82) is 0 Å². The smallest absolute Gasteiger partial charge is 0.308 e. The number of para-hydroxylation sites is 1. The number of rotatable bonds is 9. The lowest BCUT2D eigenvalue weighted by atomic mass is 9.98. The number of ether oxygens (including phenoxy) is 3. The zero-order valence-corrected chi connectivity index (χ0v) is 15.5. The Morgan fingerprint density at radius 2 is 1.70 bits per heavy atom. The van der Waals surface area contributed by atoms with Gasteiger partial charge in [0, 0.05) is 12.6 Å². The second kappa shape index (κ2) is 9.47. The van der Waals surface area contributed by atoms with Gasteiger partial charge >= 0.3 is 5.97 Å². The molecule has 27 heavy (non-hydrogen) atoms. The van der Waals surface area contributed by atoms with Crippen LogP contribution in [-0.4, -0.2) is 44.9 Å². The highest BCUT2D eigenvalue weighted by Crippen LogP contribution is 2.25. The van der Waals surface area contributed by atoms with Crippen LogP contribution in [0.25, 0.3) is 0 Å². The summed E-state index contributed by atoms with van der Waals surface area (Å²) in [5.74, 6) is -0.684. The average Bonchev–Trinajstić information content (AvgIpc) is 2.70. The number of methoxy groups -OCH3 is 3. The fourth-order valence-electron chi connectivity index (χ4n) is 2.68. The molecule has 1 amide bonds. The van der Waals surface area contributed by atoms with Crippen LogP contribution in [0.15, 0.2) is 42.5 Å². The van der Waals surface area contributed by atoms with Gasteiger partial charge in [0.05, 0.1) is 32.8 Å². The van der Waals surface area contributed by atoms with Crippen LogP contribution in [0.1, 0.15) is 15.9 Å². The Morgan fingerprint density at radius 3 is 2.33 bits per heavy atom. The second-order valence-corrected chi connectivity index (χ2v) is 5.83. The number of carbonyl (C=O) groups is 2. The van der Waals surface area contributed by atoms with Gasteiger partial charge in [0.15, 0.2) is 0 Å². The summed E-state index contributed by atoms with van der Waals surface area (Å²) in [6.07, 6.45) is 0.235. The quantitative estimate of drug-likeness (QED) is 0.701. The van der Waals surface area contributed by atoms with Gasteiger partial charge in [-0.1, -0.05) is 18.2 Å². The summed E-state index contributed by atoms with van der Waals surface area (Å²) in [4.78, 5) is 24.1. The van der Waals surface area contributed by atoms with E-state index in [4.69, 9.17) is 14.2 Å². The lowest BCUT2D eigenvalue weighted by Crippen LogP contribution is -2.34. The molecular weight excluding hydrogens is 350 g/mol. The average molecular weight is 373 g/mol. The Kier molecular flexibility index (Phi) is 7.05. The molecule has 0 saturated carbocycles. The van der Waals surface area contributed by atoms with E-state index in [-0.39, 0.29) is 13.0 Å². The van der Waals surface area contributed by atoms with Crippen LogP contribution < -0.4 is 19.5 Å². The molecule has 0 heterocycles. The Morgan fingerprint density at radius 1 is 1.00 bits per heavy atom. The molecule has 0 spiro atoms. The standard InChI is InChI=1S/C20H23NO6/c1-25-15-8-9-16(18(11-15)27-3)19(22)21-12-14(20(23)24)10-13-6-4-5-7-17(13)26-2/h4-9,11,14H,10,12H2,1-3H3,(H,21,22)(H,23,24). The molecule has 0 fully saturated rings. The maximum Gasteiger partial charge on any atom is 0.308 e. The molecule has 0 aliphatic rings. The molecule has 0 aliphatic carbocycles. The van der Waals surface area contributed by atoms with Crippen molar-refractivity contribution in [3.63, 3.8) is 0 Å². The van der Waals surface area contributed by atoms with Gasteiger partial charge in [-0.15, -0.1) is 0 Å². The monoisotopic (exact) mass is 373 g/mol. The normalized spacial score (nSPS) is 11.4. The molecule has 1 atom stereocenters. The van der Waals surface area contributed by atoms with E-state index in [1.807, 2.05) is 18.2 Å². The SMILES string of the molecule is COc1ccc(C(=O)NCC(Cc2ccccc2OC)C(=O)O)c(OC)c1. The van der Waals surface area contributed by atoms with Crippen molar-refractivity contribution >= 4 is 11.9 Å². The van der Waals surface area contributed by atoms with E-state index in [0.717, 1.165) is 5.56 Å². The minimum Gasteiger partial charge on any atom is -0.497 e. The molecule has 144 valence electrons. The van der Waals surface area contributed by atoms with E-state index in [2.05, 4.69) is 5.32 Å².